The van der Waals surface area contributed by atoms with Crippen molar-refractivity contribution in [1.29, 1.82) is 0 Å². The molecule has 1 atom stereocenters. The van der Waals surface area contributed by atoms with Gasteiger partial charge in [0.1, 0.15) is 23.5 Å². The number of fused-ring (bicyclic) bond motifs is 3. The Kier molecular flexibility index (Phi) is 4.62. The summed E-state index contributed by atoms with van der Waals surface area (Å²) >= 11 is 1.63. The minimum atomic E-state index is -4.42. The van der Waals surface area contributed by atoms with Crippen molar-refractivity contribution < 1.29 is 18.0 Å². The van der Waals surface area contributed by atoms with Gasteiger partial charge in [-0.15, -0.1) is 11.3 Å². The lowest BCUT2D eigenvalue weighted by Gasteiger charge is -2.18. The van der Waals surface area contributed by atoms with Gasteiger partial charge in [0, 0.05) is 4.88 Å². The zero-order valence-electron chi connectivity index (χ0n) is 13.0. The predicted octanol–water partition coefficient (Wildman–Crippen LogP) is 2.91. The smallest absolute Gasteiger partial charge is 0.360 e. The molecule has 0 unspecified atom stereocenters. The lowest BCUT2D eigenvalue weighted by molar-refractivity contribution is -0.137. The molecular formula is C15H17F3N4OS. The average Bonchev–Trinajstić information content (AvgIpc) is 2.88. The van der Waals surface area contributed by atoms with Gasteiger partial charge in [-0.1, -0.05) is 6.92 Å². The molecule has 2 aromatic rings. The summed E-state index contributed by atoms with van der Waals surface area (Å²) in [6.45, 7) is 0.616. The summed E-state index contributed by atoms with van der Waals surface area (Å²) in [6.07, 6.45) is 0.00453. The minimum absolute atomic E-state index is 0.261. The molecule has 0 aromatic carbocycles. The molecule has 130 valence electrons. The fourth-order valence-electron chi connectivity index (χ4n) is 2.83. The summed E-state index contributed by atoms with van der Waals surface area (Å²) in [5.41, 5.74) is 1.20. The summed E-state index contributed by atoms with van der Waals surface area (Å²) < 4.78 is 36.3. The molecule has 3 rings (SSSR count). The van der Waals surface area contributed by atoms with Gasteiger partial charge >= 0.3 is 6.18 Å². The first-order valence-corrected chi connectivity index (χ1v) is 8.47. The normalized spacial score (nSPS) is 17.6. The topological polar surface area (TPSA) is 66.9 Å². The Labute approximate surface area is 140 Å². The molecule has 24 heavy (non-hydrogen) atoms. The maximum Gasteiger partial charge on any atom is 0.405 e. The second kappa shape index (κ2) is 6.54. The van der Waals surface area contributed by atoms with Crippen LogP contribution in [0.25, 0.3) is 10.2 Å². The quantitative estimate of drug-likeness (QED) is 0.882. The molecule has 5 nitrogen and oxygen atoms in total. The number of hydrogen-bond donors (Lipinski definition) is 2. The third kappa shape index (κ3) is 3.77. The number of alkyl halides is 3. The molecule has 0 radical (unpaired) electrons. The number of thiophene rings is 1. The highest BCUT2D eigenvalue weighted by Crippen LogP contribution is 2.39. The summed E-state index contributed by atoms with van der Waals surface area (Å²) in [7, 11) is 0. The van der Waals surface area contributed by atoms with E-state index < -0.39 is 18.6 Å². The van der Waals surface area contributed by atoms with Crippen LogP contribution in [-0.4, -0.2) is 35.1 Å². The standard InChI is InChI=1S/C15H17F3N4OS/c1-8-2-3-9-10(4-8)24-14-12(9)13(21-7-22-14)19-5-11(23)20-6-15(16,17)18/h7-8H,2-6H2,1H3,(H,20,23)(H,19,21,22)/t8-/m1/s1. The highest BCUT2D eigenvalue weighted by Gasteiger charge is 2.28. The van der Waals surface area contributed by atoms with E-state index in [9.17, 15) is 18.0 Å². The van der Waals surface area contributed by atoms with Crippen molar-refractivity contribution in [2.45, 2.75) is 32.4 Å². The molecule has 0 bridgehead atoms. The van der Waals surface area contributed by atoms with Gasteiger partial charge in [-0.05, 0) is 30.7 Å². The molecule has 9 heteroatoms. The van der Waals surface area contributed by atoms with Crippen molar-refractivity contribution >= 4 is 33.3 Å². The highest BCUT2D eigenvalue weighted by atomic mass is 32.1. The van der Waals surface area contributed by atoms with E-state index in [1.807, 2.05) is 5.32 Å². The summed E-state index contributed by atoms with van der Waals surface area (Å²) in [5.74, 6) is 0.411. The number of aromatic nitrogens is 2. The number of amides is 1. The number of nitrogens with one attached hydrogen (secondary N) is 2. The Hall–Kier alpha value is -1.90. The number of hydrogen-bond acceptors (Lipinski definition) is 5. The second-order valence-corrected chi connectivity index (χ2v) is 7.08. The molecule has 0 saturated heterocycles. The summed E-state index contributed by atoms with van der Waals surface area (Å²) in [5, 5.41) is 5.58. The molecule has 1 aliphatic carbocycles. The Morgan fingerprint density at radius 3 is 2.96 bits per heavy atom. The zero-order valence-corrected chi connectivity index (χ0v) is 13.9. The lowest BCUT2D eigenvalue weighted by Crippen LogP contribution is -2.37. The number of halogens is 3. The van der Waals surface area contributed by atoms with Crippen LogP contribution >= 0.6 is 11.3 Å². The number of carbonyl (C=O) groups excluding carboxylic acids is 1. The Bertz CT molecular complexity index is 759. The SMILES string of the molecule is C[C@@H]1CCc2c(sc3ncnc(NCC(=O)NCC(F)(F)F)c23)C1. The monoisotopic (exact) mass is 358 g/mol. The first kappa shape index (κ1) is 16.9. The first-order chi connectivity index (χ1) is 11.3. The van der Waals surface area contributed by atoms with Crippen LogP contribution in [0.1, 0.15) is 23.8 Å². The molecule has 2 aromatic heterocycles. The molecule has 2 heterocycles. The number of anilines is 1. The fourth-order valence-corrected chi connectivity index (χ4v) is 4.18. The summed E-state index contributed by atoms with van der Waals surface area (Å²) in [4.78, 5) is 22.1. The van der Waals surface area contributed by atoms with Crippen LogP contribution in [-0.2, 0) is 17.6 Å². The number of rotatable bonds is 4. The van der Waals surface area contributed by atoms with Crippen LogP contribution in [0.15, 0.2) is 6.33 Å². The third-order valence-corrected chi connectivity index (χ3v) is 5.16. The Morgan fingerprint density at radius 1 is 1.42 bits per heavy atom. The zero-order chi connectivity index (χ0) is 17.3. The number of carbonyl (C=O) groups is 1. The molecule has 0 saturated carbocycles. The minimum Gasteiger partial charge on any atom is -0.360 e. The van der Waals surface area contributed by atoms with Crippen LogP contribution in [0, 0.1) is 5.92 Å². The van der Waals surface area contributed by atoms with Crippen molar-refractivity contribution in [3.05, 3.63) is 16.8 Å². The van der Waals surface area contributed by atoms with Crippen molar-refractivity contribution in [3.8, 4) is 0 Å². The Balaban J connectivity index is 1.74. The van der Waals surface area contributed by atoms with Gasteiger partial charge < -0.3 is 10.6 Å². The lowest BCUT2D eigenvalue weighted by atomic mass is 9.89. The van der Waals surface area contributed by atoms with Gasteiger partial charge in [-0.2, -0.15) is 13.2 Å². The van der Waals surface area contributed by atoms with Gasteiger partial charge in [0.2, 0.25) is 5.91 Å². The second-order valence-electron chi connectivity index (χ2n) is 6.00. The van der Waals surface area contributed by atoms with Crippen molar-refractivity contribution in [2.24, 2.45) is 5.92 Å². The molecule has 1 aliphatic rings. The van der Waals surface area contributed by atoms with Gasteiger partial charge in [-0.3, -0.25) is 4.79 Å². The van der Waals surface area contributed by atoms with Crippen molar-refractivity contribution in [2.75, 3.05) is 18.4 Å². The molecular weight excluding hydrogens is 341 g/mol. The van der Waals surface area contributed by atoms with Crippen LogP contribution in [0.5, 0.6) is 0 Å². The van der Waals surface area contributed by atoms with E-state index in [1.54, 1.807) is 11.3 Å². The van der Waals surface area contributed by atoms with Crippen LogP contribution in [0.2, 0.25) is 0 Å². The van der Waals surface area contributed by atoms with E-state index in [-0.39, 0.29) is 6.54 Å². The van der Waals surface area contributed by atoms with Crippen LogP contribution in [0.3, 0.4) is 0 Å². The van der Waals surface area contributed by atoms with E-state index in [0.29, 0.717) is 11.7 Å². The van der Waals surface area contributed by atoms with E-state index >= 15 is 0 Å². The molecule has 1 amide bonds. The Morgan fingerprint density at radius 2 is 2.21 bits per heavy atom. The maximum absolute atomic E-state index is 12.1. The van der Waals surface area contributed by atoms with Gasteiger partial charge in [0.15, 0.2) is 0 Å². The van der Waals surface area contributed by atoms with Crippen LogP contribution < -0.4 is 10.6 Å². The van der Waals surface area contributed by atoms with E-state index in [4.69, 9.17) is 0 Å². The molecule has 0 aliphatic heterocycles. The van der Waals surface area contributed by atoms with E-state index in [2.05, 4.69) is 22.2 Å². The maximum atomic E-state index is 12.1. The van der Waals surface area contributed by atoms with Crippen molar-refractivity contribution in [1.82, 2.24) is 15.3 Å². The van der Waals surface area contributed by atoms with E-state index in [1.165, 1.54) is 16.8 Å². The largest absolute Gasteiger partial charge is 0.405 e. The van der Waals surface area contributed by atoms with Gasteiger partial charge in [0.05, 0.1) is 11.9 Å². The van der Waals surface area contributed by atoms with Gasteiger partial charge in [0.25, 0.3) is 0 Å². The molecule has 0 spiro atoms. The average molecular weight is 358 g/mol. The number of aryl methyl sites for hydroxylation is 1. The van der Waals surface area contributed by atoms with Gasteiger partial charge in [-0.25, -0.2) is 9.97 Å². The number of nitrogens with zero attached hydrogens (tertiary/aromatic N) is 2. The third-order valence-electron chi connectivity index (χ3n) is 3.99. The predicted molar refractivity (Wildman–Crippen MR) is 86.2 cm³/mol. The fraction of sp³-hybridized carbons (Fsp3) is 0.533. The highest BCUT2D eigenvalue weighted by molar-refractivity contribution is 7.19. The van der Waals surface area contributed by atoms with Crippen LogP contribution in [0.4, 0.5) is 19.0 Å². The summed E-state index contributed by atoms with van der Waals surface area (Å²) in [6, 6.07) is 0. The van der Waals surface area contributed by atoms with Crippen molar-refractivity contribution in [3.63, 3.8) is 0 Å². The van der Waals surface area contributed by atoms with E-state index in [0.717, 1.165) is 29.5 Å². The molecule has 0 fully saturated rings. The first-order valence-electron chi connectivity index (χ1n) is 7.66. The molecule has 2 N–H and O–H groups in total.